The minimum Gasteiger partial charge on any atom is -0.453 e. The van der Waals surface area contributed by atoms with Gasteiger partial charge in [-0.05, 0) is 11.8 Å². The van der Waals surface area contributed by atoms with Crippen LogP contribution >= 0.6 is 11.8 Å². The molecule has 22 heavy (non-hydrogen) atoms. The smallest absolute Gasteiger partial charge is 0.446 e. The van der Waals surface area contributed by atoms with Gasteiger partial charge in [-0.3, -0.25) is 25.5 Å². The summed E-state index contributed by atoms with van der Waals surface area (Å²) in [5, 5.41) is 23.5. The Kier molecular flexibility index (Phi) is 5.14. The van der Waals surface area contributed by atoms with E-state index in [1.54, 1.807) is 5.32 Å². The zero-order valence-corrected chi connectivity index (χ0v) is 11.4. The number of amides is 1. The third kappa shape index (κ3) is 4.47. The minimum atomic E-state index is -4.79. The number of rotatable bonds is 4. The van der Waals surface area contributed by atoms with Crippen molar-refractivity contribution in [3.63, 3.8) is 0 Å². The zero-order chi connectivity index (χ0) is 17.1. The van der Waals surface area contributed by atoms with Gasteiger partial charge in [0.2, 0.25) is 5.69 Å². The number of nitro groups is 2. The van der Waals surface area contributed by atoms with E-state index in [0.717, 1.165) is 7.11 Å². The Labute approximate surface area is 123 Å². The third-order valence-corrected chi connectivity index (χ3v) is 2.81. The van der Waals surface area contributed by atoms with Crippen LogP contribution in [0.5, 0.6) is 0 Å². The summed E-state index contributed by atoms with van der Waals surface area (Å²) in [6, 6.07) is 0.937. The van der Waals surface area contributed by atoms with Crippen LogP contribution in [0.15, 0.2) is 17.0 Å². The number of anilines is 1. The van der Waals surface area contributed by atoms with Crippen molar-refractivity contribution in [2.24, 2.45) is 0 Å². The average molecular weight is 341 g/mol. The van der Waals surface area contributed by atoms with Gasteiger partial charge in [0.05, 0.1) is 17.0 Å². The van der Waals surface area contributed by atoms with Crippen LogP contribution in [-0.4, -0.2) is 28.6 Å². The van der Waals surface area contributed by atoms with E-state index in [1.807, 2.05) is 0 Å². The number of nitrogens with one attached hydrogen (secondary N) is 1. The molecule has 0 heterocycles. The van der Waals surface area contributed by atoms with Crippen LogP contribution in [0.4, 0.5) is 35.0 Å². The number of ether oxygens (including phenoxy) is 1. The van der Waals surface area contributed by atoms with E-state index in [1.165, 1.54) is 0 Å². The number of nitrogens with zero attached hydrogens (tertiary/aromatic N) is 2. The van der Waals surface area contributed by atoms with Crippen LogP contribution in [0.1, 0.15) is 0 Å². The molecule has 1 amide bonds. The predicted molar refractivity (Wildman–Crippen MR) is 67.7 cm³/mol. The molecule has 0 aliphatic heterocycles. The number of nitro benzene ring substituents is 2. The highest BCUT2D eigenvalue weighted by Gasteiger charge is 2.34. The summed E-state index contributed by atoms with van der Waals surface area (Å²) in [4.78, 5) is 29.8. The van der Waals surface area contributed by atoms with E-state index in [2.05, 4.69) is 4.74 Å². The van der Waals surface area contributed by atoms with E-state index in [0.29, 0.717) is 12.1 Å². The Morgan fingerprint density at radius 1 is 1.23 bits per heavy atom. The van der Waals surface area contributed by atoms with Gasteiger partial charge in [0.15, 0.2) is 0 Å². The molecule has 9 nitrogen and oxygen atoms in total. The monoisotopic (exact) mass is 341 g/mol. The lowest BCUT2D eigenvalue weighted by Crippen LogP contribution is -2.14. The summed E-state index contributed by atoms with van der Waals surface area (Å²) in [7, 11) is 0.904. The summed E-state index contributed by atoms with van der Waals surface area (Å²) >= 11 is -0.756. The number of benzene rings is 1. The first kappa shape index (κ1) is 17.5. The molecule has 0 radical (unpaired) electrons. The molecule has 1 N–H and O–H groups in total. The summed E-state index contributed by atoms with van der Waals surface area (Å²) < 4.78 is 41.1. The molecule has 0 aromatic heterocycles. The van der Waals surface area contributed by atoms with Crippen LogP contribution in [-0.2, 0) is 4.74 Å². The second kappa shape index (κ2) is 6.46. The Morgan fingerprint density at radius 2 is 1.68 bits per heavy atom. The van der Waals surface area contributed by atoms with Gasteiger partial charge in [-0.15, -0.1) is 0 Å². The molecule has 0 bridgehead atoms. The van der Waals surface area contributed by atoms with E-state index in [-0.39, 0.29) is 0 Å². The van der Waals surface area contributed by atoms with Gasteiger partial charge in [0.1, 0.15) is 0 Å². The first-order valence-electron chi connectivity index (χ1n) is 5.12. The van der Waals surface area contributed by atoms with E-state index < -0.39 is 55.2 Å². The van der Waals surface area contributed by atoms with Gasteiger partial charge in [-0.2, -0.15) is 13.2 Å². The van der Waals surface area contributed by atoms with Crippen molar-refractivity contribution in [2.45, 2.75) is 10.4 Å². The number of carbonyl (C=O) groups is 1. The van der Waals surface area contributed by atoms with Crippen LogP contribution < -0.4 is 5.32 Å². The highest BCUT2D eigenvalue weighted by molar-refractivity contribution is 8.00. The normalized spacial score (nSPS) is 10.9. The summed E-state index contributed by atoms with van der Waals surface area (Å²) in [5.74, 6) is 0. The van der Waals surface area contributed by atoms with Crippen molar-refractivity contribution < 1.29 is 32.5 Å². The molecule has 1 aromatic rings. The SMILES string of the molecule is COC(=O)Nc1c([N+](=O)[O-])cc(SC(F)(F)F)cc1[N+](=O)[O-]. The highest BCUT2D eigenvalue weighted by atomic mass is 32.2. The molecule has 1 rings (SSSR count). The number of thioether (sulfide) groups is 1. The maximum atomic E-state index is 12.3. The van der Waals surface area contributed by atoms with E-state index >= 15 is 0 Å². The maximum Gasteiger partial charge on any atom is 0.446 e. The lowest BCUT2D eigenvalue weighted by molar-refractivity contribution is -0.392. The highest BCUT2D eigenvalue weighted by Crippen LogP contribution is 2.43. The van der Waals surface area contributed by atoms with Crippen molar-refractivity contribution in [1.82, 2.24) is 0 Å². The summed E-state index contributed by atoms with van der Waals surface area (Å²) in [5.41, 5.74) is -7.79. The lowest BCUT2D eigenvalue weighted by Gasteiger charge is -2.09. The molecular formula is C9H6F3N3O6S. The largest absolute Gasteiger partial charge is 0.453 e. The molecule has 0 saturated heterocycles. The van der Waals surface area contributed by atoms with Gasteiger partial charge in [0.25, 0.3) is 0 Å². The fourth-order valence-electron chi connectivity index (χ4n) is 1.35. The molecule has 13 heteroatoms. The molecule has 0 aliphatic rings. The van der Waals surface area contributed by atoms with Gasteiger partial charge < -0.3 is 4.74 Å². The number of halogens is 3. The van der Waals surface area contributed by atoms with Crippen LogP contribution in [0.2, 0.25) is 0 Å². The number of hydrogen-bond donors (Lipinski definition) is 1. The lowest BCUT2D eigenvalue weighted by atomic mass is 10.2. The molecule has 0 saturated carbocycles. The van der Waals surface area contributed by atoms with Crippen molar-refractivity contribution in [2.75, 3.05) is 12.4 Å². The second-order valence-electron chi connectivity index (χ2n) is 3.52. The fraction of sp³-hybridized carbons (Fsp3) is 0.222. The third-order valence-electron chi connectivity index (χ3n) is 2.11. The molecule has 0 spiro atoms. The first-order valence-corrected chi connectivity index (χ1v) is 5.94. The Bertz CT molecular complexity index is 601. The molecule has 120 valence electrons. The molecule has 1 aromatic carbocycles. The molecule has 0 unspecified atom stereocenters. The quantitative estimate of drug-likeness (QED) is 0.506. The predicted octanol–water partition coefficient (Wildman–Crippen LogP) is 3.29. The van der Waals surface area contributed by atoms with Crippen LogP contribution in [0.25, 0.3) is 0 Å². The van der Waals surface area contributed by atoms with Crippen molar-refractivity contribution in [3.05, 3.63) is 32.4 Å². The van der Waals surface area contributed by atoms with E-state index in [9.17, 15) is 38.2 Å². The van der Waals surface area contributed by atoms with Gasteiger partial charge in [-0.25, -0.2) is 4.79 Å². The first-order chi connectivity index (χ1) is 10.0. The Hall–Kier alpha value is -2.57. The van der Waals surface area contributed by atoms with Crippen molar-refractivity contribution in [1.29, 1.82) is 0 Å². The Morgan fingerprint density at radius 3 is 2.00 bits per heavy atom. The second-order valence-corrected chi connectivity index (χ2v) is 4.65. The topological polar surface area (TPSA) is 125 Å². The van der Waals surface area contributed by atoms with Gasteiger partial charge in [0, 0.05) is 17.0 Å². The molecule has 0 atom stereocenters. The number of hydrogen-bond acceptors (Lipinski definition) is 7. The van der Waals surface area contributed by atoms with Crippen molar-refractivity contribution >= 4 is 34.9 Å². The minimum absolute atomic E-state index is 0.469. The standard InChI is InChI=1S/C9H6F3N3O6S/c1-21-8(16)13-7-5(14(17)18)2-4(22-9(10,11)12)3-6(7)15(19)20/h2-3H,1H3,(H,13,16). The van der Waals surface area contributed by atoms with Gasteiger partial charge in [-0.1, -0.05) is 0 Å². The zero-order valence-electron chi connectivity index (χ0n) is 10.5. The summed E-state index contributed by atoms with van der Waals surface area (Å²) in [6.07, 6.45) is -1.25. The van der Waals surface area contributed by atoms with Gasteiger partial charge >= 0.3 is 23.0 Å². The fourth-order valence-corrected chi connectivity index (χ4v) is 1.96. The van der Waals surface area contributed by atoms with Crippen LogP contribution in [0.3, 0.4) is 0 Å². The molecule has 0 fully saturated rings. The molecular weight excluding hydrogens is 335 g/mol. The average Bonchev–Trinajstić information content (AvgIpc) is 2.37. The van der Waals surface area contributed by atoms with Crippen molar-refractivity contribution in [3.8, 4) is 0 Å². The van der Waals surface area contributed by atoms with Crippen LogP contribution in [0, 0.1) is 20.2 Å². The van der Waals surface area contributed by atoms with E-state index in [4.69, 9.17) is 0 Å². The Balaban J connectivity index is 3.50. The summed E-state index contributed by atoms with van der Waals surface area (Å²) in [6.45, 7) is 0. The number of methoxy groups -OCH3 is 1. The number of alkyl halides is 3. The molecule has 0 aliphatic carbocycles. The number of carbonyl (C=O) groups excluding carboxylic acids is 1. The maximum absolute atomic E-state index is 12.3.